The fourth-order valence-corrected chi connectivity index (χ4v) is 2.08. The molecule has 0 amide bonds. The van der Waals surface area contributed by atoms with E-state index < -0.39 is 12.0 Å². The Hall–Kier alpha value is -1.46. The van der Waals surface area contributed by atoms with Crippen molar-refractivity contribution in [1.29, 1.82) is 0 Å². The second-order valence-corrected chi connectivity index (χ2v) is 5.15. The van der Waals surface area contributed by atoms with Crippen LogP contribution < -0.4 is 14.8 Å². The molecule has 20 heavy (non-hydrogen) atoms. The largest absolute Gasteiger partial charge is 0.493 e. The molecular formula is C14H20ClNO4. The average molecular weight is 302 g/mol. The minimum absolute atomic E-state index is 0.0218. The minimum atomic E-state index is -0.878. The second-order valence-electron chi connectivity index (χ2n) is 4.74. The summed E-state index contributed by atoms with van der Waals surface area (Å²) in [6, 6.07) is 2.77. The van der Waals surface area contributed by atoms with Crippen LogP contribution in [0, 0.1) is 5.92 Å². The van der Waals surface area contributed by atoms with Crippen molar-refractivity contribution in [2.75, 3.05) is 14.2 Å². The van der Waals surface area contributed by atoms with Gasteiger partial charge in [-0.3, -0.25) is 4.79 Å². The number of carboxylic acid groups (broad SMARTS) is 1. The molecule has 0 bridgehead atoms. The van der Waals surface area contributed by atoms with E-state index >= 15 is 0 Å². The van der Waals surface area contributed by atoms with Crippen LogP contribution in [0.4, 0.5) is 0 Å². The molecule has 0 aliphatic rings. The lowest BCUT2D eigenvalue weighted by atomic mass is 10.0. The standard InChI is InChI=1S/C14H20ClNO4/c1-8(2)13(14(17)18)16-7-9-5-11(19-3)12(20-4)6-10(9)15/h5-6,8,13,16H,7H2,1-4H3,(H,17,18). The van der Waals surface area contributed by atoms with Crippen molar-refractivity contribution in [2.24, 2.45) is 5.92 Å². The maximum atomic E-state index is 11.1. The predicted molar refractivity (Wildman–Crippen MR) is 77.7 cm³/mol. The van der Waals surface area contributed by atoms with Gasteiger partial charge in [-0.15, -0.1) is 0 Å². The van der Waals surface area contributed by atoms with E-state index in [-0.39, 0.29) is 5.92 Å². The van der Waals surface area contributed by atoms with Crippen molar-refractivity contribution >= 4 is 17.6 Å². The van der Waals surface area contributed by atoms with Gasteiger partial charge < -0.3 is 19.9 Å². The second kappa shape index (κ2) is 7.36. The van der Waals surface area contributed by atoms with Gasteiger partial charge in [0.05, 0.1) is 14.2 Å². The first-order chi connectivity index (χ1) is 9.40. The van der Waals surface area contributed by atoms with E-state index in [0.717, 1.165) is 5.56 Å². The Labute approximate surface area is 123 Å². The van der Waals surface area contributed by atoms with Crippen molar-refractivity contribution in [2.45, 2.75) is 26.4 Å². The third-order valence-corrected chi connectivity index (χ3v) is 3.35. The molecule has 0 saturated heterocycles. The average Bonchev–Trinajstić information content (AvgIpc) is 2.39. The fourth-order valence-electron chi connectivity index (χ4n) is 1.86. The number of methoxy groups -OCH3 is 2. The van der Waals surface area contributed by atoms with E-state index in [9.17, 15) is 4.79 Å². The fraction of sp³-hybridized carbons (Fsp3) is 0.500. The molecule has 5 nitrogen and oxygen atoms in total. The van der Waals surface area contributed by atoms with Crippen molar-refractivity contribution in [3.63, 3.8) is 0 Å². The summed E-state index contributed by atoms with van der Waals surface area (Å²) in [5, 5.41) is 12.6. The summed E-state index contributed by atoms with van der Waals surface area (Å²) in [5.41, 5.74) is 0.760. The SMILES string of the molecule is COc1cc(Cl)c(CNC(C(=O)O)C(C)C)cc1OC. The zero-order valence-electron chi connectivity index (χ0n) is 12.1. The monoisotopic (exact) mass is 301 g/mol. The van der Waals surface area contributed by atoms with Gasteiger partial charge in [0.2, 0.25) is 0 Å². The molecule has 0 aliphatic heterocycles. The maximum absolute atomic E-state index is 11.1. The number of nitrogens with one attached hydrogen (secondary N) is 1. The molecule has 0 aliphatic carbocycles. The van der Waals surface area contributed by atoms with Gasteiger partial charge in [-0.05, 0) is 17.5 Å². The third kappa shape index (κ3) is 4.02. The summed E-state index contributed by atoms with van der Waals surface area (Å²) in [7, 11) is 3.07. The van der Waals surface area contributed by atoms with Gasteiger partial charge in [0.25, 0.3) is 0 Å². The Morgan fingerprint density at radius 3 is 2.30 bits per heavy atom. The van der Waals surface area contributed by atoms with Crippen LogP contribution in [0.15, 0.2) is 12.1 Å². The van der Waals surface area contributed by atoms with Crippen LogP contribution in [0.5, 0.6) is 11.5 Å². The summed E-state index contributed by atoms with van der Waals surface area (Å²) in [6.07, 6.45) is 0. The lowest BCUT2D eigenvalue weighted by Gasteiger charge is -2.19. The van der Waals surface area contributed by atoms with E-state index in [1.165, 1.54) is 14.2 Å². The maximum Gasteiger partial charge on any atom is 0.320 e. The minimum Gasteiger partial charge on any atom is -0.493 e. The Kier molecular flexibility index (Phi) is 6.10. The Morgan fingerprint density at radius 2 is 1.85 bits per heavy atom. The van der Waals surface area contributed by atoms with Gasteiger partial charge in [-0.25, -0.2) is 0 Å². The third-order valence-electron chi connectivity index (χ3n) is 3.00. The normalized spacial score (nSPS) is 12.3. The summed E-state index contributed by atoms with van der Waals surface area (Å²) in [4.78, 5) is 11.1. The van der Waals surface area contributed by atoms with Gasteiger partial charge in [0.1, 0.15) is 6.04 Å². The molecule has 0 radical (unpaired) electrons. The number of benzene rings is 1. The number of halogens is 1. The molecule has 0 heterocycles. The van der Waals surface area contributed by atoms with E-state index in [4.69, 9.17) is 26.2 Å². The van der Waals surface area contributed by atoms with E-state index in [1.54, 1.807) is 12.1 Å². The number of aliphatic carboxylic acids is 1. The summed E-state index contributed by atoms with van der Waals surface area (Å²) < 4.78 is 10.4. The molecule has 0 spiro atoms. The lowest BCUT2D eigenvalue weighted by Crippen LogP contribution is -2.40. The first-order valence-electron chi connectivity index (χ1n) is 6.27. The molecule has 1 rings (SSSR count). The molecule has 1 atom stereocenters. The van der Waals surface area contributed by atoms with Gasteiger partial charge in [-0.1, -0.05) is 25.4 Å². The highest BCUT2D eigenvalue weighted by Crippen LogP contribution is 2.33. The zero-order chi connectivity index (χ0) is 15.3. The van der Waals surface area contributed by atoms with Crippen LogP contribution >= 0.6 is 11.6 Å². The predicted octanol–water partition coefficient (Wildman–Crippen LogP) is 2.56. The first-order valence-corrected chi connectivity index (χ1v) is 6.65. The lowest BCUT2D eigenvalue weighted by molar-refractivity contribution is -0.140. The number of hydrogen-bond acceptors (Lipinski definition) is 4. The highest BCUT2D eigenvalue weighted by Gasteiger charge is 2.21. The van der Waals surface area contributed by atoms with Crippen molar-refractivity contribution < 1.29 is 19.4 Å². The Bertz CT molecular complexity index is 476. The number of carbonyl (C=O) groups is 1. The number of rotatable bonds is 7. The van der Waals surface area contributed by atoms with Gasteiger partial charge >= 0.3 is 5.97 Å². The van der Waals surface area contributed by atoms with Crippen molar-refractivity contribution in [3.05, 3.63) is 22.7 Å². The van der Waals surface area contributed by atoms with Gasteiger partial charge in [0, 0.05) is 17.6 Å². The van der Waals surface area contributed by atoms with Crippen LogP contribution in [0.2, 0.25) is 5.02 Å². The quantitative estimate of drug-likeness (QED) is 0.810. The van der Waals surface area contributed by atoms with E-state index in [1.807, 2.05) is 13.8 Å². The Balaban J connectivity index is 2.90. The molecule has 2 N–H and O–H groups in total. The van der Waals surface area contributed by atoms with Crippen LogP contribution in [0.3, 0.4) is 0 Å². The Morgan fingerprint density at radius 1 is 1.30 bits per heavy atom. The smallest absolute Gasteiger partial charge is 0.320 e. The summed E-state index contributed by atoms with van der Waals surface area (Å²) >= 11 is 6.16. The molecule has 0 saturated carbocycles. The van der Waals surface area contributed by atoms with Crippen LogP contribution in [0.1, 0.15) is 19.4 Å². The first kappa shape index (κ1) is 16.6. The van der Waals surface area contributed by atoms with Crippen molar-refractivity contribution in [1.82, 2.24) is 5.32 Å². The zero-order valence-corrected chi connectivity index (χ0v) is 12.8. The van der Waals surface area contributed by atoms with Gasteiger partial charge in [-0.2, -0.15) is 0 Å². The highest BCUT2D eigenvalue weighted by molar-refractivity contribution is 6.31. The highest BCUT2D eigenvalue weighted by atomic mass is 35.5. The van der Waals surface area contributed by atoms with Gasteiger partial charge in [0.15, 0.2) is 11.5 Å². The van der Waals surface area contributed by atoms with E-state index in [2.05, 4.69) is 5.32 Å². The van der Waals surface area contributed by atoms with E-state index in [0.29, 0.717) is 23.1 Å². The summed E-state index contributed by atoms with van der Waals surface area (Å²) in [6.45, 7) is 4.04. The molecule has 6 heteroatoms. The molecule has 0 aromatic heterocycles. The summed E-state index contributed by atoms with van der Waals surface area (Å²) in [5.74, 6) is 0.202. The topological polar surface area (TPSA) is 67.8 Å². The molecular weight excluding hydrogens is 282 g/mol. The van der Waals surface area contributed by atoms with Crippen molar-refractivity contribution in [3.8, 4) is 11.5 Å². The molecule has 0 fully saturated rings. The molecule has 1 unspecified atom stereocenters. The number of hydrogen-bond donors (Lipinski definition) is 2. The van der Waals surface area contributed by atoms with Crippen LogP contribution in [0.25, 0.3) is 0 Å². The van der Waals surface area contributed by atoms with Crippen LogP contribution in [-0.4, -0.2) is 31.3 Å². The molecule has 1 aromatic carbocycles. The number of carboxylic acids is 1. The van der Waals surface area contributed by atoms with Crippen LogP contribution in [-0.2, 0) is 11.3 Å². The molecule has 112 valence electrons. The number of ether oxygens (including phenoxy) is 2. The molecule has 1 aromatic rings.